The summed E-state index contributed by atoms with van der Waals surface area (Å²) in [7, 11) is 0. The molecule has 0 N–H and O–H groups in total. The van der Waals surface area contributed by atoms with Crippen LogP contribution in [0.2, 0.25) is 0 Å². The number of amides is 1. The molecule has 2 aliphatic heterocycles. The van der Waals surface area contributed by atoms with Gasteiger partial charge in [0.1, 0.15) is 0 Å². The van der Waals surface area contributed by atoms with Gasteiger partial charge in [-0.05, 0) is 18.9 Å². The van der Waals surface area contributed by atoms with Crippen molar-refractivity contribution in [3.8, 4) is 0 Å². The van der Waals surface area contributed by atoms with Crippen molar-refractivity contribution in [2.75, 3.05) is 45.8 Å². The average molecular weight is 390 g/mol. The van der Waals surface area contributed by atoms with Gasteiger partial charge in [0.2, 0.25) is 5.91 Å². The van der Waals surface area contributed by atoms with Crippen molar-refractivity contribution >= 4 is 5.91 Å². The van der Waals surface area contributed by atoms with Crippen molar-refractivity contribution in [1.82, 2.24) is 24.5 Å². The molecule has 1 unspecified atom stereocenters. The monoisotopic (exact) mass is 389 g/mol. The summed E-state index contributed by atoms with van der Waals surface area (Å²) in [5.41, 5.74) is 0.857. The maximum Gasteiger partial charge on any atom is 0.266 e. The Labute approximate surface area is 168 Å². The second-order valence-corrected chi connectivity index (χ2v) is 9.18. The number of hydrogen-bond donors (Lipinski definition) is 0. The molecular weight excluding hydrogens is 354 g/mol. The van der Waals surface area contributed by atoms with Gasteiger partial charge in [0, 0.05) is 70.3 Å². The first-order valence-electron chi connectivity index (χ1n) is 10.5. The maximum atomic E-state index is 12.1. The van der Waals surface area contributed by atoms with Crippen LogP contribution in [-0.4, -0.2) is 82.2 Å². The molecule has 0 saturated carbocycles. The largest absolute Gasteiger partial charge is 0.339 e. The van der Waals surface area contributed by atoms with Crippen LogP contribution in [-0.2, 0) is 16.8 Å². The smallest absolute Gasteiger partial charge is 0.266 e. The van der Waals surface area contributed by atoms with E-state index in [1.165, 1.54) is 0 Å². The van der Waals surface area contributed by atoms with Crippen LogP contribution in [0, 0.1) is 0 Å². The minimum absolute atomic E-state index is 0.0304. The highest BCUT2D eigenvalue weighted by Crippen LogP contribution is 2.19. The van der Waals surface area contributed by atoms with Gasteiger partial charge in [0.25, 0.3) is 5.56 Å². The Morgan fingerprint density at radius 2 is 1.75 bits per heavy atom. The van der Waals surface area contributed by atoms with Gasteiger partial charge in [-0.15, -0.1) is 0 Å². The summed E-state index contributed by atoms with van der Waals surface area (Å²) in [5.74, 6) is 0.205. The van der Waals surface area contributed by atoms with Crippen molar-refractivity contribution in [3.05, 3.63) is 28.2 Å². The van der Waals surface area contributed by atoms with Crippen LogP contribution in [0.3, 0.4) is 0 Å². The summed E-state index contributed by atoms with van der Waals surface area (Å²) >= 11 is 0. The molecule has 1 amide bonds. The van der Waals surface area contributed by atoms with E-state index in [0.29, 0.717) is 12.6 Å². The Balaban J connectivity index is 1.47. The van der Waals surface area contributed by atoms with Crippen molar-refractivity contribution < 1.29 is 4.79 Å². The molecule has 7 nitrogen and oxygen atoms in total. The summed E-state index contributed by atoms with van der Waals surface area (Å²) in [6.45, 7) is 15.4. The van der Waals surface area contributed by atoms with E-state index < -0.39 is 0 Å². The van der Waals surface area contributed by atoms with E-state index in [2.05, 4.69) is 35.7 Å². The lowest BCUT2D eigenvalue weighted by Crippen LogP contribution is -2.51. The van der Waals surface area contributed by atoms with Gasteiger partial charge in [0.05, 0.1) is 12.2 Å². The standard InChI is InChI=1S/C21H35N5O2/c1-17(27)25-9-5-6-18(25)16-24-12-10-23(11-13-24)14-15-26-20(28)8-7-19(22-26)21(2,3)4/h7-8,18H,5-6,9-16H2,1-4H3. The Morgan fingerprint density at radius 1 is 1.07 bits per heavy atom. The Bertz CT molecular complexity index is 731. The average Bonchev–Trinajstić information content (AvgIpc) is 3.10. The van der Waals surface area contributed by atoms with E-state index in [9.17, 15) is 9.59 Å². The predicted octanol–water partition coefficient (Wildman–Crippen LogP) is 1.17. The van der Waals surface area contributed by atoms with Crippen LogP contribution in [0.5, 0.6) is 0 Å². The number of carbonyl (C=O) groups excluding carboxylic acids is 1. The van der Waals surface area contributed by atoms with E-state index in [4.69, 9.17) is 0 Å². The molecule has 3 rings (SSSR count). The molecule has 7 heteroatoms. The van der Waals surface area contributed by atoms with Gasteiger partial charge >= 0.3 is 0 Å². The number of aromatic nitrogens is 2. The van der Waals surface area contributed by atoms with Gasteiger partial charge in [-0.2, -0.15) is 5.10 Å². The van der Waals surface area contributed by atoms with Gasteiger partial charge in [-0.3, -0.25) is 19.4 Å². The highest BCUT2D eigenvalue weighted by atomic mass is 16.2. The summed E-state index contributed by atoms with van der Waals surface area (Å²) in [6, 6.07) is 3.85. The molecule has 0 bridgehead atoms. The maximum absolute atomic E-state index is 12.1. The zero-order valence-corrected chi connectivity index (χ0v) is 17.9. The first-order valence-corrected chi connectivity index (χ1v) is 10.5. The number of hydrogen-bond acceptors (Lipinski definition) is 5. The Hall–Kier alpha value is -1.73. The molecule has 1 atom stereocenters. The van der Waals surface area contributed by atoms with Gasteiger partial charge in [-0.1, -0.05) is 20.8 Å². The van der Waals surface area contributed by atoms with E-state index in [1.807, 2.05) is 11.0 Å². The highest BCUT2D eigenvalue weighted by Gasteiger charge is 2.29. The van der Waals surface area contributed by atoms with Crippen LogP contribution >= 0.6 is 0 Å². The van der Waals surface area contributed by atoms with Crippen molar-refractivity contribution in [2.24, 2.45) is 0 Å². The molecule has 2 saturated heterocycles. The minimum atomic E-state index is -0.0604. The quantitative estimate of drug-likeness (QED) is 0.757. The fraction of sp³-hybridized carbons (Fsp3) is 0.762. The second-order valence-electron chi connectivity index (χ2n) is 9.18. The molecule has 2 aliphatic rings. The van der Waals surface area contributed by atoms with Crippen LogP contribution in [0.4, 0.5) is 0 Å². The van der Waals surface area contributed by atoms with E-state index in [1.54, 1.807) is 17.7 Å². The number of piperazine rings is 1. The van der Waals surface area contributed by atoms with E-state index >= 15 is 0 Å². The molecule has 0 aliphatic carbocycles. The lowest BCUT2D eigenvalue weighted by atomic mass is 9.92. The highest BCUT2D eigenvalue weighted by molar-refractivity contribution is 5.73. The zero-order valence-electron chi connectivity index (χ0n) is 17.9. The number of likely N-dealkylation sites (tertiary alicyclic amines) is 1. The zero-order chi connectivity index (χ0) is 20.3. The van der Waals surface area contributed by atoms with Gasteiger partial charge in [0.15, 0.2) is 0 Å². The third-order valence-corrected chi connectivity index (χ3v) is 5.98. The fourth-order valence-electron chi connectivity index (χ4n) is 4.18. The molecule has 0 aromatic carbocycles. The fourth-order valence-corrected chi connectivity index (χ4v) is 4.18. The molecule has 156 valence electrons. The molecule has 1 aromatic rings. The summed E-state index contributed by atoms with van der Waals surface area (Å²) < 4.78 is 1.61. The predicted molar refractivity (Wildman–Crippen MR) is 110 cm³/mol. The third kappa shape index (κ3) is 5.20. The number of nitrogens with zero attached hydrogens (tertiary/aromatic N) is 5. The van der Waals surface area contributed by atoms with Gasteiger partial charge < -0.3 is 4.90 Å². The van der Waals surface area contributed by atoms with Crippen molar-refractivity contribution in [1.29, 1.82) is 0 Å². The molecular formula is C21H35N5O2. The Morgan fingerprint density at radius 3 is 2.39 bits per heavy atom. The summed E-state index contributed by atoms with van der Waals surface area (Å²) in [6.07, 6.45) is 2.25. The number of carbonyl (C=O) groups is 1. The van der Waals surface area contributed by atoms with Crippen molar-refractivity contribution in [3.63, 3.8) is 0 Å². The molecule has 28 heavy (non-hydrogen) atoms. The summed E-state index contributed by atoms with van der Waals surface area (Å²) in [4.78, 5) is 30.8. The third-order valence-electron chi connectivity index (χ3n) is 5.98. The van der Waals surface area contributed by atoms with Crippen molar-refractivity contribution in [2.45, 2.75) is 58.5 Å². The SMILES string of the molecule is CC(=O)N1CCCC1CN1CCN(CCn2nc(C(C)(C)C)ccc2=O)CC1. The normalized spacial score (nSPS) is 22.0. The van der Waals surface area contributed by atoms with Crippen LogP contribution < -0.4 is 5.56 Å². The van der Waals surface area contributed by atoms with Crippen LogP contribution in [0.25, 0.3) is 0 Å². The first-order chi connectivity index (χ1) is 13.2. The summed E-state index contributed by atoms with van der Waals surface area (Å²) in [5, 5.41) is 4.57. The molecule has 2 fully saturated rings. The van der Waals surface area contributed by atoms with E-state index in [0.717, 1.165) is 64.3 Å². The topological polar surface area (TPSA) is 61.7 Å². The molecule has 1 aromatic heterocycles. The Kier molecular flexibility index (Phi) is 6.55. The molecule has 0 radical (unpaired) electrons. The second kappa shape index (κ2) is 8.74. The minimum Gasteiger partial charge on any atom is -0.339 e. The molecule has 0 spiro atoms. The molecule has 3 heterocycles. The number of rotatable bonds is 5. The van der Waals surface area contributed by atoms with Gasteiger partial charge in [-0.25, -0.2) is 4.68 Å². The first kappa shape index (κ1) is 21.0. The lowest BCUT2D eigenvalue weighted by molar-refractivity contribution is -0.130. The van der Waals surface area contributed by atoms with Crippen LogP contribution in [0.15, 0.2) is 16.9 Å². The lowest BCUT2D eigenvalue weighted by Gasteiger charge is -2.37. The van der Waals surface area contributed by atoms with Crippen LogP contribution in [0.1, 0.15) is 46.2 Å². The van der Waals surface area contributed by atoms with E-state index in [-0.39, 0.29) is 16.9 Å².